The number of allylic oxidation sites excluding steroid dienone is 1. The molecule has 2 nitrogen and oxygen atoms in total. The molecule has 0 bridgehead atoms. The predicted molar refractivity (Wildman–Crippen MR) is 44.1 cm³/mol. The van der Waals surface area contributed by atoms with Gasteiger partial charge in [-0.25, -0.2) is 0 Å². The molecule has 0 fully saturated rings. The molecular formula is C9H16O2. The largest absolute Gasteiger partial charge is 0.396 e. The molecule has 0 aromatic carbocycles. The normalized spacial score (nSPS) is 31.3. The van der Waals surface area contributed by atoms with Gasteiger partial charge in [0.25, 0.3) is 0 Å². The fraction of sp³-hybridized carbons (Fsp3) is 0.778. The van der Waals surface area contributed by atoms with E-state index in [0.717, 1.165) is 6.42 Å². The molecule has 11 heavy (non-hydrogen) atoms. The number of aliphatic hydroxyl groups is 2. The Balaban J connectivity index is 2.63. The summed E-state index contributed by atoms with van der Waals surface area (Å²) in [6.07, 6.45) is 4.93. The Morgan fingerprint density at radius 3 is 2.55 bits per heavy atom. The molecule has 1 aliphatic rings. The summed E-state index contributed by atoms with van der Waals surface area (Å²) in [6, 6.07) is 0. The number of hydrogen-bond acceptors (Lipinski definition) is 2. The van der Waals surface area contributed by atoms with Gasteiger partial charge in [-0.05, 0) is 26.2 Å². The van der Waals surface area contributed by atoms with E-state index in [-0.39, 0.29) is 18.4 Å². The second kappa shape index (κ2) is 2.95. The molecule has 0 spiro atoms. The summed E-state index contributed by atoms with van der Waals surface area (Å²) in [5.41, 5.74) is -0.694. The van der Waals surface area contributed by atoms with Crippen molar-refractivity contribution in [1.82, 2.24) is 0 Å². The lowest BCUT2D eigenvalue weighted by atomic mass is 9.83. The molecule has 0 radical (unpaired) electrons. The molecule has 0 saturated carbocycles. The van der Waals surface area contributed by atoms with E-state index in [0.29, 0.717) is 0 Å². The first-order valence-corrected chi connectivity index (χ1v) is 4.05. The molecule has 2 atom stereocenters. The lowest BCUT2D eigenvalue weighted by Gasteiger charge is -2.29. The molecule has 2 heteroatoms. The summed E-state index contributed by atoms with van der Waals surface area (Å²) in [7, 11) is 0. The minimum atomic E-state index is -0.694. The summed E-state index contributed by atoms with van der Waals surface area (Å²) in [4.78, 5) is 0. The quantitative estimate of drug-likeness (QED) is 0.584. The molecule has 1 rings (SSSR count). The van der Waals surface area contributed by atoms with Crippen LogP contribution in [-0.4, -0.2) is 22.4 Å². The highest BCUT2D eigenvalue weighted by Crippen LogP contribution is 2.33. The molecule has 2 N–H and O–H groups in total. The molecule has 0 aromatic heterocycles. The van der Waals surface area contributed by atoms with Crippen molar-refractivity contribution in [3.63, 3.8) is 0 Å². The Morgan fingerprint density at radius 1 is 1.55 bits per heavy atom. The molecule has 0 aliphatic heterocycles. The third kappa shape index (κ3) is 1.82. The van der Waals surface area contributed by atoms with Gasteiger partial charge in [-0.1, -0.05) is 12.2 Å². The molecule has 0 unspecified atom stereocenters. The lowest BCUT2D eigenvalue weighted by Crippen LogP contribution is -2.34. The third-order valence-electron chi connectivity index (χ3n) is 2.34. The van der Waals surface area contributed by atoms with Crippen molar-refractivity contribution in [3.05, 3.63) is 12.2 Å². The Hall–Kier alpha value is -0.340. The summed E-state index contributed by atoms with van der Waals surface area (Å²) in [6.45, 7) is 3.74. The monoisotopic (exact) mass is 156 g/mol. The summed E-state index contributed by atoms with van der Waals surface area (Å²) >= 11 is 0. The van der Waals surface area contributed by atoms with Gasteiger partial charge in [-0.15, -0.1) is 0 Å². The summed E-state index contributed by atoms with van der Waals surface area (Å²) in [5.74, 6) is 0.336. The second-order valence-electron chi connectivity index (χ2n) is 3.79. The first-order valence-electron chi connectivity index (χ1n) is 4.05. The van der Waals surface area contributed by atoms with Crippen LogP contribution in [0.2, 0.25) is 0 Å². The van der Waals surface area contributed by atoms with Gasteiger partial charge in [0.05, 0.1) is 5.60 Å². The van der Waals surface area contributed by atoms with Crippen LogP contribution in [0.15, 0.2) is 12.2 Å². The molecule has 0 heterocycles. The van der Waals surface area contributed by atoms with Crippen molar-refractivity contribution in [2.75, 3.05) is 6.61 Å². The fourth-order valence-corrected chi connectivity index (χ4v) is 1.70. The Bertz CT molecular complexity index is 155. The van der Waals surface area contributed by atoms with Gasteiger partial charge < -0.3 is 10.2 Å². The number of aliphatic hydroxyl groups excluding tert-OH is 1. The van der Waals surface area contributed by atoms with Crippen LogP contribution in [0.25, 0.3) is 0 Å². The molecule has 0 aromatic rings. The third-order valence-corrected chi connectivity index (χ3v) is 2.34. The van der Waals surface area contributed by atoms with Crippen LogP contribution in [0.4, 0.5) is 0 Å². The molecular weight excluding hydrogens is 140 g/mol. The van der Waals surface area contributed by atoms with Crippen molar-refractivity contribution in [2.45, 2.75) is 25.9 Å². The Labute approximate surface area is 67.6 Å². The van der Waals surface area contributed by atoms with E-state index in [2.05, 4.69) is 0 Å². The highest BCUT2D eigenvalue weighted by Gasteiger charge is 2.33. The maximum absolute atomic E-state index is 9.66. The zero-order valence-corrected chi connectivity index (χ0v) is 7.12. The van der Waals surface area contributed by atoms with Crippen LogP contribution in [0.5, 0.6) is 0 Å². The van der Waals surface area contributed by atoms with E-state index in [1.54, 1.807) is 13.8 Å². The van der Waals surface area contributed by atoms with E-state index in [1.807, 2.05) is 12.2 Å². The number of hydrogen-bond donors (Lipinski definition) is 2. The minimum absolute atomic E-state index is 0.118. The SMILES string of the molecule is CC(C)(O)[C@H]1C=CC[C@H]1CO. The van der Waals surface area contributed by atoms with Crippen LogP contribution in [-0.2, 0) is 0 Å². The van der Waals surface area contributed by atoms with Gasteiger partial charge in [0.15, 0.2) is 0 Å². The highest BCUT2D eigenvalue weighted by molar-refractivity contribution is 5.06. The Kier molecular flexibility index (Phi) is 2.35. The van der Waals surface area contributed by atoms with Crippen LogP contribution in [0.1, 0.15) is 20.3 Å². The fourth-order valence-electron chi connectivity index (χ4n) is 1.70. The van der Waals surface area contributed by atoms with Crippen molar-refractivity contribution < 1.29 is 10.2 Å². The van der Waals surface area contributed by atoms with E-state index < -0.39 is 5.60 Å². The minimum Gasteiger partial charge on any atom is -0.396 e. The van der Waals surface area contributed by atoms with E-state index in [9.17, 15) is 5.11 Å². The van der Waals surface area contributed by atoms with Crippen LogP contribution in [0, 0.1) is 11.8 Å². The average molecular weight is 156 g/mol. The zero-order valence-electron chi connectivity index (χ0n) is 7.12. The molecule has 64 valence electrons. The van der Waals surface area contributed by atoms with Crippen molar-refractivity contribution >= 4 is 0 Å². The maximum atomic E-state index is 9.66. The lowest BCUT2D eigenvalue weighted by molar-refractivity contribution is 0.00507. The van der Waals surface area contributed by atoms with Gasteiger partial charge in [-0.3, -0.25) is 0 Å². The van der Waals surface area contributed by atoms with Crippen molar-refractivity contribution in [3.8, 4) is 0 Å². The first kappa shape index (κ1) is 8.75. The molecule has 0 amide bonds. The van der Waals surface area contributed by atoms with Gasteiger partial charge in [0, 0.05) is 12.5 Å². The number of rotatable bonds is 2. The van der Waals surface area contributed by atoms with Gasteiger partial charge in [0.2, 0.25) is 0 Å². The van der Waals surface area contributed by atoms with Gasteiger partial charge >= 0.3 is 0 Å². The molecule has 0 saturated heterocycles. The van der Waals surface area contributed by atoms with Crippen molar-refractivity contribution in [2.24, 2.45) is 11.8 Å². The second-order valence-corrected chi connectivity index (χ2v) is 3.79. The van der Waals surface area contributed by atoms with E-state index >= 15 is 0 Å². The van der Waals surface area contributed by atoms with Crippen molar-refractivity contribution in [1.29, 1.82) is 0 Å². The van der Waals surface area contributed by atoms with E-state index in [4.69, 9.17) is 5.11 Å². The Morgan fingerprint density at radius 2 is 2.18 bits per heavy atom. The van der Waals surface area contributed by atoms with Crippen LogP contribution < -0.4 is 0 Å². The summed E-state index contributed by atoms with van der Waals surface area (Å²) < 4.78 is 0. The standard InChI is InChI=1S/C9H16O2/c1-9(2,11)8-5-3-4-7(8)6-10/h3,5,7-8,10-11H,4,6H2,1-2H3/t7-,8-/m0/s1. The zero-order chi connectivity index (χ0) is 8.48. The highest BCUT2D eigenvalue weighted by atomic mass is 16.3. The van der Waals surface area contributed by atoms with Gasteiger partial charge in [0.1, 0.15) is 0 Å². The maximum Gasteiger partial charge on any atom is 0.0657 e. The topological polar surface area (TPSA) is 40.5 Å². The predicted octanol–water partition coefficient (Wildman–Crippen LogP) is 0.942. The first-order chi connectivity index (χ1) is 5.05. The smallest absolute Gasteiger partial charge is 0.0657 e. The molecule has 1 aliphatic carbocycles. The van der Waals surface area contributed by atoms with Gasteiger partial charge in [-0.2, -0.15) is 0 Å². The average Bonchev–Trinajstić information content (AvgIpc) is 2.31. The van der Waals surface area contributed by atoms with Crippen LogP contribution >= 0.6 is 0 Å². The van der Waals surface area contributed by atoms with Crippen LogP contribution in [0.3, 0.4) is 0 Å². The summed E-state index contributed by atoms with van der Waals surface area (Å²) in [5, 5.41) is 18.6. The van der Waals surface area contributed by atoms with E-state index in [1.165, 1.54) is 0 Å².